The van der Waals surface area contributed by atoms with Crippen LogP contribution in [0.4, 0.5) is 34.1 Å². The molecule has 1 spiro atoms. The maximum atomic E-state index is 2.63. The number of rotatable bonds is 6. The van der Waals surface area contributed by atoms with Crippen molar-refractivity contribution in [3.8, 4) is 33.4 Å². The van der Waals surface area contributed by atoms with Crippen LogP contribution in [0.25, 0.3) is 33.4 Å². The Hall–Kier alpha value is -7.42. The van der Waals surface area contributed by atoms with E-state index in [-0.39, 0.29) is 21.7 Å². The summed E-state index contributed by atoms with van der Waals surface area (Å²) in [5.74, 6) is 0. The second-order valence-corrected chi connectivity index (χ2v) is 25.4. The van der Waals surface area contributed by atoms with Gasteiger partial charge in [0.15, 0.2) is 0 Å². The molecular formula is C72H70N2. The molecule has 0 radical (unpaired) electrons. The molecule has 2 heteroatoms. The minimum absolute atomic E-state index is 0.0236. The first kappa shape index (κ1) is 47.6. The SMILES string of the molecule is CC(C)(C)c1ccc(N(c2ccc(C(C)(C)C)cc2)c2ccc3c(c2)C2(c4ccccc4-c4ccccc42)c2cc(N(c4ccc(C(C)(C)C)cc4)c4ccc(C(C)(C)C)cc4)c4c(c2-3)-c2ccccc2C4)cc1. The van der Waals surface area contributed by atoms with Crippen LogP contribution in [0.15, 0.2) is 194 Å². The van der Waals surface area contributed by atoms with Gasteiger partial charge in [-0.3, -0.25) is 0 Å². The van der Waals surface area contributed by atoms with Crippen LogP contribution in [-0.2, 0) is 33.5 Å². The fraction of sp³-hybridized carbons (Fsp3) is 0.250. The molecule has 0 atom stereocenters. The molecule has 368 valence electrons. The first-order valence-electron chi connectivity index (χ1n) is 26.9. The Kier molecular flexibility index (Phi) is 10.8. The minimum Gasteiger partial charge on any atom is -0.310 e. The Morgan fingerprint density at radius 2 is 0.689 bits per heavy atom. The first-order valence-corrected chi connectivity index (χ1v) is 26.9. The van der Waals surface area contributed by atoms with Gasteiger partial charge >= 0.3 is 0 Å². The summed E-state index contributed by atoms with van der Waals surface area (Å²) >= 11 is 0. The molecule has 0 aliphatic heterocycles. The van der Waals surface area contributed by atoms with Gasteiger partial charge in [0.1, 0.15) is 0 Å². The molecule has 3 aliphatic carbocycles. The average Bonchev–Trinajstić information content (AvgIpc) is 4.07. The van der Waals surface area contributed by atoms with E-state index in [4.69, 9.17) is 0 Å². The molecule has 0 aromatic heterocycles. The lowest BCUT2D eigenvalue weighted by Crippen LogP contribution is -2.27. The van der Waals surface area contributed by atoms with Crippen LogP contribution in [0, 0.1) is 0 Å². The molecule has 9 aromatic carbocycles. The van der Waals surface area contributed by atoms with E-state index in [1.165, 1.54) is 94.7 Å². The fourth-order valence-corrected chi connectivity index (χ4v) is 12.5. The summed E-state index contributed by atoms with van der Waals surface area (Å²) in [4.78, 5) is 5.06. The quantitative estimate of drug-likeness (QED) is 0.164. The molecule has 0 bridgehead atoms. The van der Waals surface area contributed by atoms with Crippen LogP contribution in [0.1, 0.15) is 139 Å². The predicted octanol–water partition coefficient (Wildman–Crippen LogP) is 19.7. The van der Waals surface area contributed by atoms with Crippen molar-refractivity contribution in [1.29, 1.82) is 0 Å². The number of anilines is 6. The Balaban J connectivity index is 1.17. The molecular weight excluding hydrogens is 893 g/mol. The van der Waals surface area contributed by atoms with Crippen molar-refractivity contribution in [2.45, 2.75) is 117 Å². The van der Waals surface area contributed by atoms with Crippen LogP contribution in [0.3, 0.4) is 0 Å². The van der Waals surface area contributed by atoms with Gasteiger partial charge < -0.3 is 9.80 Å². The van der Waals surface area contributed by atoms with E-state index in [0.717, 1.165) is 34.9 Å². The summed E-state index contributed by atoms with van der Waals surface area (Å²) in [5, 5.41) is 0. The lowest BCUT2D eigenvalue weighted by Gasteiger charge is -2.34. The second kappa shape index (κ2) is 16.8. The Morgan fingerprint density at radius 3 is 1.12 bits per heavy atom. The number of fused-ring (bicyclic) bond motifs is 14. The molecule has 0 N–H and O–H groups in total. The summed E-state index contributed by atoms with van der Waals surface area (Å²) in [6, 6.07) is 75.1. The highest BCUT2D eigenvalue weighted by molar-refractivity contribution is 6.06. The molecule has 9 aromatic rings. The molecule has 0 saturated heterocycles. The molecule has 0 amide bonds. The molecule has 0 saturated carbocycles. The highest BCUT2D eigenvalue weighted by Crippen LogP contribution is 2.67. The van der Waals surface area contributed by atoms with E-state index in [9.17, 15) is 0 Å². The van der Waals surface area contributed by atoms with Gasteiger partial charge in [-0.15, -0.1) is 0 Å². The largest absolute Gasteiger partial charge is 0.310 e. The lowest BCUT2D eigenvalue weighted by molar-refractivity contribution is 0.590. The topological polar surface area (TPSA) is 6.48 Å². The van der Waals surface area contributed by atoms with Gasteiger partial charge in [-0.05, 0) is 177 Å². The van der Waals surface area contributed by atoms with E-state index in [2.05, 4.69) is 287 Å². The van der Waals surface area contributed by atoms with Crippen molar-refractivity contribution >= 4 is 34.1 Å². The Labute approximate surface area is 441 Å². The van der Waals surface area contributed by atoms with Gasteiger partial charge in [-0.1, -0.05) is 210 Å². The van der Waals surface area contributed by atoms with Gasteiger partial charge in [0.05, 0.1) is 11.1 Å². The van der Waals surface area contributed by atoms with Crippen LogP contribution in [0.2, 0.25) is 0 Å². The normalized spacial score (nSPS) is 14.0. The number of hydrogen-bond donors (Lipinski definition) is 0. The van der Waals surface area contributed by atoms with Crippen molar-refractivity contribution in [2.24, 2.45) is 0 Å². The van der Waals surface area contributed by atoms with Crippen molar-refractivity contribution in [3.05, 3.63) is 250 Å². The van der Waals surface area contributed by atoms with Gasteiger partial charge in [0, 0.05) is 34.9 Å². The maximum absolute atomic E-state index is 2.63. The van der Waals surface area contributed by atoms with Gasteiger partial charge in [-0.2, -0.15) is 0 Å². The summed E-state index contributed by atoms with van der Waals surface area (Å²) < 4.78 is 0. The van der Waals surface area contributed by atoms with E-state index < -0.39 is 5.41 Å². The molecule has 3 aliphatic rings. The van der Waals surface area contributed by atoms with Crippen molar-refractivity contribution < 1.29 is 0 Å². The van der Waals surface area contributed by atoms with Crippen LogP contribution in [0.5, 0.6) is 0 Å². The molecule has 74 heavy (non-hydrogen) atoms. The van der Waals surface area contributed by atoms with E-state index in [1.54, 1.807) is 0 Å². The molecule has 0 heterocycles. The van der Waals surface area contributed by atoms with Crippen LogP contribution >= 0.6 is 0 Å². The zero-order chi connectivity index (χ0) is 51.7. The summed E-state index contributed by atoms with van der Waals surface area (Å²) in [5.41, 5.74) is 27.8. The number of nitrogens with zero attached hydrogens (tertiary/aromatic N) is 2. The van der Waals surface area contributed by atoms with E-state index >= 15 is 0 Å². The van der Waals surface area contributed by atoms with Gasteiger partial charge in [0.2, 0.25) is 0 Å². The smallest absolute Gasteiger partial charge is 0.0727 e. The highest BCUT2D eigenvalue weighted by atomic mass is 15.2. The number of hydrogen-bond acceptors (Lipinski definition) is 2. The summed E-state index contributed by atoms with van der Waals surface area (Å²) in [6.45, 7) is 27.6. The van der Waals surface area contributed by atoms with Crippen molar-refractivity contribution in [1.82, 2.24) is 0 Å². The van der Waals surface area contributed by atoms with Crippen molar-refractivity contribution in [2.75, 3.05) is 9.80 Å². The first-order chi connectivity index (χ1) is 35.2. The molecule has 0 unspecified atom stereocenters. The lowest BCUT2D eigenvalue weighted by atomic mass is 9.70. The fourth-order valence-electron chi connectivity index (χ4n) is 12.5. The third-order valence-corrected chi connectivity index (χ3v) is 16.6. The molecule has 2 nitrogen and oxygen atoms in total. The van der Waals surface area contributed by atoms with Crippen LogP contribution < -0.4 is 9.80 Å². The van der Waals surface area contributed by atoms with E-state index in [0.29, 0.717) is 0 Å². The Morgan fingerprint density at radius 1 is 0.311 bits per heavy atom. The number of benzene rings is 9. The van der Waals surface area contributed by atoms with Crippen LogP contribution in [-0.4, -0.2) is 0 Å². The summed E-state index contributed by atoms with van der Waals surface area (Å²) in [6.07, 6.45) is 0.848. The third-order valence-electron chi connectivity index (χ3n) is 16.6. The minimum atomic E-state index is -0.620. The zero-order valence-electron chi connectivity index (χ0n) is 45.6. The van der Waals surface area contributed by atoms with E-state index in [1.807, 2.05) is 0 Å². The maximum Gasteiger partial charge on any atom is 0.0727 e. The average molecular weight is 963 g/mol. The molecule has 0 fully saturated rings. The standard InChI is InChI=1S/C72H70N2/c1-68(2,3)47-25-33-51(34-26-47)73(52-35-27-48(28-36-52)69(4,5)6)55-41-42-59-63(44-55)72(61-23-17-15-21-57(61)58-22-16-18-24-62(58)72)64-45-65(60-43-46-19-13-14-20-56(46)66(60)67(59)64)74(53-37-29-49(30-38-53)70(7,8)9)54-39-31-50(32-40-54)71(10,11)12/h13-42,44-45H,43H2,1-12H3. The third kappa shape index (κ3) is 7.50. The Bertz CT molecular complexity index is 3480. The predicted molar refractivity (Wildman–Crippen MR) is 315 cm³/mol. The monoisotopic (exact) mass is 963 g/mol. The van der Waals surface area contributed by atoms with Gasteiger partial charge in [-0.25, -0.2) is 0 Å². The van der Waals surface area contributed by atoms with Gasteiger partial charge in [0.25, 0.3) is 0 Å². The second-order valence-electron chi connectivity index (χ2n) is 25.4. The van der Waals surface area contributed by atoms with Crippen molar-refractivity contribution in [3.63, 3.8) is 0 Å². The summed E-state index contributed by atoms with van der Waals surface area (Å²) in [7, 11) is 0. The molecule has 12 rings (SSSR count). The highest BCUT2D eigenvalue weighted by Gasteiger charge is 2.54. The zero-order valence-corrected chi connectivity index (χ0v) is 45.6.